The molecule has 0 fully saturated rings. The number of nitrogens with one attached hydrogen (secondary N) is 1. The SMILES string of the molecule is NNc1ccnc(-c2cc(F)cc(Br)c2)n1. The molecule has 0 bridgehead atoms. The Morgan fingerprint density at radius 1 is 1.31 bits per heavy atom. The number of benzene rings is 1. The number of hydrazine groups is 1. The zero-order valence-electron chi connectivity index (χ0n) is 8.11. The van der Waals surface area contributed by atoms with Gasteiger partial charge in [0.1, 0.15) is 11.6 Å². The van der Waals surface area contributed by atoms with Crippen molar-refractivity contribution in [3.63, 3.8) is 0 Å². The van der Waals surface area contributed by atoms with Gasteiger partial charge in [0.15, 0.2) is 5.82 Å². The van der Waals surface area contributed by atoms with Crippen molar-refractivity contribution < 1.29 is 4.39 Å². The van der Waals surface area contributed by atoms with Gasteiger partial charge in [-0.15, -0.1) is 0 Å². The quantitative estimate of drug-likeness (QED) is 0.656. The normalized spacial score (nSPS) is 10.2. The summed E-state index contributed by atoms with van der Waals surface area (Å²) < 4.78 is 13.8. The van der Waals surface area contributed by atoms with E-state index in [0.29, 0.717) is 21.7 Å². The van der Waals surface area contributed by atoms with Gasteiger partial charge in [-0.1, -0.05) is 15.9 Å². The maximum atomic E-state index is 13.2. The molecule has 0 aliphatic carbocycles. The number of aromatic nitrogens is 2. The summed E-state index contributed by atoms with van der Waals surface area (Å²) in [6.07, 6.45) is 1.55. The Labute approximate surface area is 99.8 Å². The molecule has 0 aliphatic heterocycles. The third-order valence-electron chi connectivity index (χ3n) is 1.92. The summed E-state index contributed by atoms with van der Waals surface area (Å²) in [4.78, 5) is 8.15. The van der Waals surface area contributed by atoms with Gasteiger partial charge in [-0.25, -0.2) is 20.2 Å². The number of anilines is 1. The third kappa shape index (κ3) is 2.34. The average molecular weight is 283 g/mol. The van der Waals surface area contributed by atoms with Crippen LogP contribution in [0.25, 0.3) is 11.4 Å². The molecule has 16 heavy (non-hydrogen) atoms. The topological polar surface area (TPSA) is 63.8 Å². The van der Waals surface area contributed by atoms with Crippen molar-refractivity contribution in [1.29, 1.82) is 0 Å². The van der Waals surface area contributed by atoms with E-state index in [1.807, 2.05) is 0 Å². The van der Waals surface area contributed by atoms with Crippen LogP contribution in [0.5, 0.6) is 0 Å². The summed E-state index contributed by atoms with van der Waals surface area (Å²) in [5.41, 5.74) is 3.00. The van der Waals surface area contributed by atoms with Gasteiger partial charge in [0.05, 0.1) is 0 Å². The van der Waals surface area contributed by atoms with Crippen molar-refractivity contribution in [3.05, 3.63) is 40.8 Å². The first kappa shape index (κ1) is 11.0. The first-order valence-corrected chi connectivity index (χ1v) is 5.24. The monoisotopic (exact) mass is 282 g/mol. The van der Waals surface area contributed by atoms with Crippen molar-refractivity contribution in [2.45, 2.75) is 0 Å². The fourth-order valence-corrected chi connectivity index (χ4v) is 1.73. The molecule has 2 aromatic rings. The highest BCUT2D eigenvalue weighted by Crippen LogP contribution is 2.22. The molecule has 1 heterocycles. The van der Waals surface area contributed by atoms with Crippen LogP contribution in [0.3, 0.4) is 0 Å². The van der Waals surface area contributed by atoms with Crippen LogP contribution >= 0.6 is 15.9 Å². The first-order valence-electron chi connectivity index (χ1n) is 4.45. The number of halogens is 2. The third-order valence-corrected chi connectivity index (χ3v) is 2.38. The smallest absolute Gasteiger partial charge is 0.161 e. The van der Waals surface area contributed by atoms with Gasteiger partial charge in [0.25, 0.3) is 0 Å². The van der Waals surface area contributed by atoms with E-state index in [0.717, 1.165) is 0 Å². The van der Waals surface area contributed by atoms with E-state index >= 15 is 0 Å². The lowest BCUT2D eigenvalue weighted by Gasteiger charge is -2.03. The van der Waals surface area contributed by atoms with Crippen LogP contribution < -0.4 is 11.3 Å². The van der Waals surface area contributed by atoms with Crippen LogP contribution in [0.4, 0.5) is 10.2 Å². The molecule has 0 radical (unpaired) electrons. The summed E-state index contributed by atoms with van der Waals surface area (Å²) >= 11 is 3.21. The van der Waals surface area contributed by atoms with Crippen LogP contribution in [0.1, 0.15) is 0 Å². The number of nitrogens with zero attached hydrogens (tertiary/aromatic N) is 2. The average Bonchev–Trinajstić information content (AvgIpc) is 2.28. The highest BCUT2D eigenvalue weighted by molar-refractivity contribution is 9.10. The molecule has 0 amide bonds. The van der Waals surface area contributed by atoms with Crippen molar-refractivity contribution in [3.8, 4) is 11.4 Å². The molecular weight excluding hydrogens is 275 g/mol. The minimum absolute atomic E-state index is 0.348. The van der Waals surface area contributed by atoms with Crippen molar-refractivity contribution >= 4 is 21.7 Å². The predicted molar refractivity (Wildman–Crippen MR) is 62.9 cm³/mol. The lowest BCUT2D eigenvalue weighted by Crippen LogP contribution is -2.09. The molecule has 2 rings (SSSR count). The molecule has 0 spiro atoms. The van der Waals surface area contributed by atoms with E-state index in [-0.39, 0.29) is 5.82 Å². The van der Waals surface area contributed by atoms with E-state index in [9.17, 15) is 4.39 Å². The van der Waals surface area contributed by atoms with Gasteiger partial charge in [-0.2, -0.15) is 0 Å². The minimum atomic E-state index is -0.348. The standard InChI is InChI=1S/C10H8BrFN4/c11-7-3-6(4-8(12)5-7)10-14-2-1-9(15-10)16-13/h1-5H,13H2,(H,14,15,16). The largest absolute Gasteiger partial charge is 0.308 e. The molecular formula is C10H8BrFN4. The fraction of sp³-hybridized carbons (Fsp3) is 0. The summed E-state index contributed by atoms with van der Waals surface area (Å²) in [5, 5.41) is 0. The molecule has 4 nitrogen and oxygen atoms in total. The van der Waals surface area contributed by atoms with Gasteiger partial charge in [-0.3, -0.25) is 0 Å². The number of rotatable bonds is 2. The zero-order chi connectivity index (χ0) is 11.5. The Kier molecular flexibility index (Phi) is 3.12. The van der Waals surface area contributed by atoms with Crippen molar-refractivity contribution in [2.24, 2.45) is 5.84 Å². The maximum Gasteiger partial charge on any atom is 0.161 e. The van der Waals surface area contributed by atoms with Crippen LogP contribution in [0.2, 0.25) is 0 Å². The summed E-state index contributed by atoms with van der Waals surface area (Å²) in [7, 11) is 0. The molecule has 1 aromatic heterocycles. The van der Waals surface area contributed by atoms with Gasteiger partial charge in [0, 0.05) is 22.3 Å². The molecule has 0 saturated heterocycles. The summed E-state index contributed by atoms with van der Waals surface area (Å²) in [6, 6.07) is 6.09. The number of nitrogen functional groups attached to an aromatic ring is 1. The Bertz CT molecular complexity index is 498. The van der Waals surface area contributed by atoms with Crippen molar-refractivity contribution in [1.82, 2.24) is 9.97 Å². The molecule has 1 aromatic carbocycles. The second kappa shape index (κ2) is 4.54. The molecule has 0 unspecified atom stereocenters. The first-order chi connectivity index (χ1) is 7.69. The Morgan fingerprint density at radius 2 is 2.12 bits per heavy atom. The molecule has 6 heteroatoms. The summed E-state index contributed by atoms with van der Waals surface area (Å²) in [6.45, 7) is 0. The predicted octanol–water partition coefficient (Wildman–Crippen LogP) is 2.33. The Hall–Kier alpha value is -1.53. The second-order valence-corrected chi connectivity index (χ2v) is 3.98. The highest BCUT2D eigenvalue weighted by atomic mass is 79.9. The van der Waals surface area contributed by atoms with Crippen molar-refractivity contribution in [2.75, 3.05) is 5.43 Å². The maximum absolute atomic E-state index is 13.2. The molecule has 0 aliphatic rings. The molecule has 0 saturated carbocycles. The van der Waals surface area contributed by atoms with Crippen LogP contribution in [0, 0.1) is 5.82 Å². The summed E-state index contributed by atoms with van der Waals surface area (Å²) in [5.74, 6) is 5.77. The fourth-order valence-electron chi connectivity index (χ4n) is 1.26. The number of hydrogen-bond donors (Lipinski definition) is 2. The highest BCUT2D eigenvalue weighted by Gasteiger charge is 2.05. The molecule has 82 valence electrons. The lowest BCUT2D eigenvalue weighted by molar-refractivity contribution is 0.627. The second-order valence-electron chi connectivity index (χ2n) is 3.07. The van der Waals surface area contributed by atoms with Crippen LogP contribution in [0.15, 0.2) is 34.9 Å². The number of hydrogen-bond acceptors (Lipinski definition) is 4. The number of nitrogens with two attached hydrogens (primary N) is 1. The minimum Gasteiger partial charge on any atom is -0.308 e. The Morgan fingerprint density at radius 3 is 2.81 bits per heavy atom. The van der Waals surface area contributed by atoms with E-state index in [1.165, 1.54) is 12.1 Å². The molecule has 0 atom stereocenters. The van der Waals surface area contributed by atoms with Gasteiger partial charge < -0.3 is 5.43 Å². The van der Waals surface area contributed by atoms with E-state index in [2.05, 4.69) is 31.3 Å². The van der Waals surface area contributed by atoms with Crippen LogP contribution in [-0.4, -0.2) is 9.97 Å². The van der Waals surface area contributed by atoms with Crippen LogP contribution in [-0.2, 0) is 0 Å². The zero-order valence-corrected chi connectivity index (χ0v) is 9.70. The van der Waals surface area contributed by atoms with E-state index in [4.69, 9.17) is 5.84 Å². The van der Waals surface area contributed by atoms with E-state index < -0.39 is 0 Å². The lowest BCUT2D eigenvalue weighted by atomic mass is 10.2. The Balaban J connectivity index is 2.49. The van der Waals surface area contributed by atoms with E-state index in [1.54, 1.807) is 18.3 Å². The van der Waals surface area contributed by atoms with Gasteiger partial charge in [0.2, 0.25) is 0 Å². The van der Waals surface area contributed by atoms with Gasteiger partial charge in [-0.05, 0) is 18.2 Å². The molecule has 3 N–H and O–H groups in total. The van der Waals surface area contributed by atoms with Gasteiger partial charge >= 0.3 is 0 Å².